The standard InChI is InChI=1S/C22H15ClN4OS3/c23-16-6-3-14(4-7-16)17-8-5-15(12-24)21(25-17)30-11-9-20(28)27-22-26-18(13-31-22)19-2-1-10-29-19/h1-8,10,13H,9,11H2,(H,26,27,28). The van der Waals surface area contributed by atoms with Gasteiger partial charge in [0.1, 0.15) is 11.1 Å². The highest BCUT2D eigenvalue weighted by Gasteiger charge is 2.11. The minimum atomic E-state index is -0.119. The van der Waals surface area contributed by atoms with Crippen LogP contribution in [0.4, 0.5) is 5.13 Å². The highest BCUT2D eigenvalue weighted by Crippen LogP contribution is 2.29. The van der Waals surface area contributed by atoms with Gasteiger partial charge in [0.25, 0.3) is 0 Å². The van der Waals surface area contributed by atoms with Crippen molar-refractivity contribution in [2.45, 2.75) is 11.4 Å². The van der Waals surface area contributed by atoms with Gasteiger partial charge in [-0.05, 0) is 35.7 Å². The first kappa shape index (κ1) is 21.5. The number of rotatable bonds is 7. The fourth-order valence-corrected chi connectivity index (χ4v) is 5.23. The first-order chi connectivity index (χ1) is 15.1. The monoisotopic (exact) mass is 482 g/mol. The molecule has 0 unspecified atom stereocenters. The lowest BCUT2D eigenvalue weighted by molar-refractivity contribution is -0.115. The lowest BCUT2D eigenvalue weighted by atomic mass is 10.1. The number of hydrogen-bond acceptors (Lipinski definition) is 7. The molecule has 9 heteroatoms. The number of hydrogen-bond donors (Lipinski definition) is 1. The van der Waals surface area contributed by atoms with E-state index in [4.69, 9.17) is 11.6 Å². The molecule has 1 aromatic carbocycles. The van der Waals surface area contributed by atoms with E-state index in [0.717, 1.165) is 21.8 Å². The van der Waals surface area contributed by atoms with Crippen molar-refractivity contribution in [3.05, 3.63) is 69.9 Å². The maximum Gasteiger partial charge on any atom is 0.226 e. The van der Waals surface area contributed by atoms with Crippen LogP contribution in [-0.4, -0.2) is 21.6 Å². The third kappa shape index (κ3) is 5.51. The van der Waals surface area contributed by atoms with Gasteiger partial charge in [0.05, 0.1) is 21.8 Å². The molecule has 0 bridgehead atoms. The van der Waals surface area contributed by atoms with Crippen LogP contribution in [0.15, 0.2) is 64.3 Å². The first-order valence-electron chi connectivity index (χ1n) is 9.21. The number of benzene rings is 1. The molecule has 1 amide bonds. The third-order valence-electron chi connectivity index (χ3n) is 4.21. The van der Waals surface area contributed by atoms with E-state index in [1.807, 2.05) is 41.1 Å². The quantitative estimate of drug-likeness (QED) is 0.301. The first-order valence-corrected chi connectivity index (χ1v) is 12.3. The van der Waals surface area contributed by atoms with Crippen LogP contribution >= 0.6 is 46.0 Å². The molecular formula is C22H15ClN4OS3. The van der Waals surface area contributed by atoms with Crippen molar-refractivity contribution >= 4 is 57.1 Å². The Morgan fingerprint density at radius 3 is 2.68 bits per heavy atom. The molecule has 0 atom stereocenters. The van der Waals surface area contributed by atoms with Gasteiger partial charge in [-0.1, -0.05) is 29.8 Å². The van der Waals surface area contributed by atoms with Crippen LogP contribution in [0.5, 0.6) is 0 Å². The number of anilines is 1. The van der Waals surface area contributed by atoms with E-state index in [1.54, 1.807) is 29.5 Å². The summed E-state index contributed by atoms with van der Waals surface area (Å²) in [6.45, 7) is 0. The molecule has 0 saturated carbocycles. The zero-order valence-electron chi connectivity index (χ0n) is 16.0. The maximum atomic E-state index is 12.3. The van der Waals surface area contributed by atoms with Crippen LogP contribution < -0.4 is 5.32 Å². The predicted octanol–water partition coefficient (Wildman–Crippen LogP) is 6.58. The topological polar surface area (TPSA) is 78.7 Å². The predicted molar refractivity (Wildman–Crippen MR) is 129 cm³/mol. The Hall–Kier alpha value is -2.70. The van der Waals surface area contributed by atoms with Crippen molar-refractivity contribution in [2.24, 2.45) is 0 Å². The van der Waals surface area contributed by atoms with Gasteiger partial charge in [-0.25, -0.2) is 9.97 Å². The largest absolute Gasteiger partial charge is 0.302 e. The summed E-state index contributed by atoms with van der Waals surface area (Å²) < 4.78 is 0. The van der Waals surface area contributed by atoms with Crippen molar-refractivity contribution in [2.75, 3.05) is 11.1 Å². The summed E-state index contributed by atoms with van der Waals surface area (Å²) >= 11 is 10.4. The van der Waals surface area contributed by atoms with E-state index in [0.29, 0.717) is 26.5 Å². The SMILES string of the molecule is N#Cc1ccc(-c2ccc(Cl)cc2)nc1SCCC(=O)Nc1nc(-c2cccs2)cs1. The van der Waals surface area contributed by atoms with Gasteiger partial charge in [-0.2, -0.15) is 5.26 Å². The number of carbonyl (C=O) groups excluding carboxylic acids is 1. The second kappa shape index (κ2) is 10.1. The van der Waals surface area contributed by atoms with Gasteiger partial charge in [0.15, 0.2) is 5.13 Å². The van der Waals surface area contributed by atoms with Crippen LogP contribution in [0.25, 0.3) is 21.8 Å². The van der Waals surface area contributed by atoms with Crippen molar-refractivity contribution in [3.63, 3.8) is 0 Å². The molecule has 0 aliphatic rings. The summed E-state index contributed by atoms with van der Waals surface area (Å²) in [7, 11) is 0. The molecule has 0 aliphatic carbocycles. The Labute approximate surface area is 196 Å². The molecular weight excluding hydrogens is 468 g/mol. The van der Waals surface area contributed by atoms with E-state index in [2.05, 4.69) is 21.4 Å². The number of pyridine rings is 1. The molecule has 154 valence electrons. The number of thioether (sulfide) groups is 1. The molecule has 3 aromatic heterocycles. The minimum absolute atomic E-state index is 0.119. The van der Waals surface area contributed by atoms with Crippen LogP contribution in [0, 0.1) is 11.3 Å². The Bertz CT molecular complexity index is 1230. The zero-order valence-corrected chi connectivity index (χ0v) is 19.2. The lowest BCUT2D eigenvalue weighted by Gasteiger charge is -2.07. The van der Waals surface area contributed by atoms with Gasteiger partial charge in [0, 0.05) is 28.1 Å². The van der Waals surface area contributed by atoms with Gasteiger partial charge < -0.3 is 5.32 Å². The molecule has 0 spiro atoms. The van der Waals surface area contributed by atoms with E-state index in [-0.39, 0.29) is 12.3 Å². The maximum absolute atomic E-state index is 12.3. The number of halogens is 1. The molecule has 0 aliphatic heterocycles. The normalized spacial score (nSPS) is 10.6. The third-order valence-corrected chi connectivity index (χ3v) is 7.11. The fraction of sp³-hybridized carbons (Fsp3) is 0.0909. The summed E-state index contributed by atoms with van der Waals surface area (Å²) in [5.41, 5.74) is 3.03. The van der Waals surface area contributed by atoms with Gasteiger partial charge in [-0.3, -0.25) is 4.79 Å². The molecule has 0 fully saturated rings. The molecule has 3 heterocycles. The second-order valence-corrected chi connectivity index (χ2v) is 9.66. The fourth-order valence-electron chi connectivity index (χ4n) is 2.71. The molecule has 0 radical (unpaired) electrons. The number of nitrogens with one attached hydrogen (secondary N) is 1. The van der Waals surface area contributed by atoms with Crippen LogP contribution in [0.1, 0.15) is 12.0 Å². The number of aromatic nitrogens is 2. The molecule has 4 aromatic rings. The number of amides is 1. The van der Waals surface area contributed by atoms with Gasteiger partial charge >= 0.3 is 0 Å². The molecule has 4 rings (SSSR count). The van der Waals surface area contributed by atoms with E-state index < -0.39 is 0 Å². The summed E-state index contributed by atoms with van der Waals surface area (Å²) in [5, 5.41) is 18.0. The van der Waals surface area contributed by atoms with Crippen molar-refractivity contribution < 1.29 is 4.79 Å². The number of thiophene rings is 1. The van der Waals surface area contributed by atoms with Gasteiger partial charge in [0.2, 0.25) is 5.91 Å². The average molecular weight is 483 g/mol. The molecule has 1 N–H and O–H groups in total. The smallest absolute Gasteiger partial charge is 0.226 e. The van der Waals surface area contributed by atoms with Gasteiger partial charge in [-0.15, -0.1) is 34.4 Å². The molecule has 5 nitrogen and oxygen atoms in total. The average Bonchev–Trinajstić information content (AvgIpc) is 3.46. The highest BCUT2D eigenvalue weighted by atomic mass is 35.5. The molecule has 31 heavy (non-hydrogen) atoms. The Kier molecular flexibility index (Phi) is 6.99. The number of thiazole rings is 1. The number of nitriles is 1. The number of carbonyl (C=O) groups is 1. The summed E-state index contributed by atoms with van der Waals surface area (Å²) in [4.78, 5) is 22.5. The zero-order chi connectivity index (χ0) is 21.6. The molecule has 0 saturated heterocycles. The second-order valence-electron chi connectivity index (χ2n) is 6.33. The minimum Gasteiger partial charge on any atom is -0.302 e. The summed E-state index contributed by atoms with van der Waals surface area (Å²) in [6, 6.07) is 17.1. The van der Waals surface area contributed by atoms with Crippen molar-refractivity contribution in [1.29, 1.82) is 5.26 Å². The summed E-state index contributed by atoms with van der Waals surface area (Å²) in [6.07, 6.45) is 0.288. The highest BCUT2D eigenvalue weighted by molar-refractivity contribution is 7.99. The van der Waals surface area contributed by atoms with E-state index >= 15 is 0 Å². The Morgan fingerprint density at radius 1 is 1.10 bits per heavy atom. The van der Waals surface area contributed by atoms with E-state index in [1.165, 1.54) is 23.1 Å². The Morgan fingerprint density at radius 2 is 1.94 bits per heavy atom. The van der Waals surface area contributed by atoms with Crippen molar-refractivity contribution in [1.82, 2.24) is 9.97 Å². The van der Waals surface area contributed by atoms with Crippen LogP contribution in [-0.2, 0) is 4.79 Å². The Balaban J connectivity index is 1.36. The van der Waals surface area contributed by atoms with E-state index in [9.17, 15) is 10.1 Å². The van der Waals surface area contributed by atoms with Crippen LogP contribution in [0.2, 0.25) is 5.02 Å². The van der Waals surface area contributed by atoms with Crippen molar-refractivity contribution in [3.8, 4) is 27.9 Å². The summed E-state index contributed by atoms with van der Waals surface area (Å²) in [5.74, 6) is 0.382. The lowest BCUT2D eigenvalue weighted by Crippen LogP contribution is -2.12. The number of nitrogens with zero attached hydrogens (tertiary/aromatic N) is 3. The van der Waals surface area contributed by atoms with Crippen LogP contribution in [0.3, 0.4) is 0 Å².